The molecule has 1 aromatic heterocycles. The van der Waals surface area contributed by atoms with Crippen molar-refractivity contribution < 1.29 is 4.42 Å². The van der Waals surface area contributed by atoms with Gasteiger partial charge in [-0.2, -0.15) is 0 Å². The molecule has 3 spiro atoms. The highest BCUT2D eigenvalue weighted by Crippen LogP contribution is 2.94. The first kappa shape index (κ1) is 37.5. The summed E-state index contributed by atoms with van der Waals surface area (Å²) in [6.45, 7) is 4.77. The Bertz CT molecular complexity index is 4360. The van der Waals surface area contributed by atoms with Gasteiger partial charge in [-0.15, -0.1) is 0 Å². The van der Waals surface area contributed by atoms with Crippen molar-refractivity contribution in [1.82, 2.24) is 0 Å². The van der Waals surface area contributed by atoms with E-state index in [2.05, 4.69) is 237 Å². The zero-order valence-corrected chi connectivity index (χ0v) is 38.7. The lowest BCUT2D eigenvalue weighted by atomic mass is 9.65. The molecule has 0 N–H and O–H groups in total. The van der Waals surface area contributed by atoms with Crippen LogP contribution in [0.2, 0.25) is 0 Å². The fourth-order valence-corrected chi connectivity index (χ4v) is 15.7. The normalized spacial score (nSPS) is 20.7. The number of hydrogen-bond acceptors (Lipinski definition) is 2. The van der Waals surface area contributed by atoms with Crippen LogP contribution >= 0.6 is 0 Å². The summed E-state index contributed by atoms with van der Waals surface area (Å²) in [7, 11) is 0. The summed E-state index contributed by atoms with van der Waals surface area (Å²) in [6.07, 6.45) is 0. The summed E-state index contributed by atoms with van der Waals surface area (Å²) < 4.78 is 6.58. The molecule has 70 heavy (non-hydrogen) atoms. The first-order valence-electron chi connectivity index (χ1n) is 24.8. The Morgan fingerprint density at radius 3 is 1.53 bits per heavy atom. The third-order valence-corrected chi connectivity index (χ3v) is 18.0. The zero-order valence-electron chi connectivity index (χ0n) is 38.7. The van der Waals surface area contributed by atoms with E-state index in [1.165, 1.54) is 88.3 Å². The standard InChI is InChI=1S/C68H43NO/c1-65(2)53-24-7-3-18-47(53)50-36-35-44(38-59(50)65)69(43-33-31-40(32-34-43)46-22-14-23-52-51-21-6-10-30-61(51)70-64(46)52)45-37-42-17-13-29-58-63(42)60(39-45)67-55-26-9-5-20-49(55)48-19-4-8-25-54(48)66(67)56-27-11-15-41-16-12-28-57(62(41)56)68(58,66)67/h3-39H,1-2H3. The minimum atomic E-state index is -0.381. The number of hydrogen-bond donors (Lipinski definition) is 0. The second-order valence-electron chi connectivity index (χ2n) is 21.0. The molecule has 5 aliphatic carbocycles. The molecule has 1 fully saturated rings. The molecule has 2 heteroatoms. The van der Waals surface area contributed by atoms with E-state index in [0.29, 0.717) is 0 Å². The first-order chi connectivity index (χ1) is 34.5. The van der Waals surface area contributed by atoms with E-state index in [-0.39, 0.29) is 21.7 Å². The van der Waals surface area contributed by atoms with Crippen LogP contribution in [-0.2, 0) is 21.7 Å². The van der Waals surface area contributed by atoms with E-state index in [1.54, 1.807) is 0 Å². The van der Waals surface area contributed by atoms with Crippen molar-refractivity contribution in [3.8, 4) is 33.4 Å². The molecule has 5 aliphatic rings. The van der Waals surface area contributed by atoms with E-state index in [1.807, 2.05) is 6.07 Å². The van der Waals surface area contributed by atoms with Gasteiger partial charge in [-0.25, -0.2) is 0 Å². The molecule has 3 unspecified atom stereocenters. The lowest BCUT2D eigenvalue weighted by Gasteiger charge is -2.37. The second kappa shape index (κ2) is 12.4. The number of benzene rings is 11. The van der Waals surface area contributed by atoms with Gasteiger partial charge >= 0.3 is 0 Å². The molecular formula is C68H43NO. The number of furan rings is 1. The molecule has 0 radical (unpaired) electrons. The minimum Gasteiger partial charge on any atom is -0.455 e. The fraction of sp³-hybridized carbons (Fsp3) is 0.0882. The van der Waals surface area contributed by atoms with Crippen molar-refractivity contribution in [1.29, 1.82) is 0 Å². The maximum atomic E-state index is 6.58. The number of nitrogens with zero attached hydrogens (tertiary/aromatic N) is 1. The van der Waals surface area contributed by atoms with Crippen molar-refractivity contribution in [2.45, 2.75) is 35.5 Å². The van der Waals surface area contributed by atoms with Crippen LogP contribution in [-0.4, -0.2) is 0 Å². The van der Waals surface area contributed by atoms with Crippen molar-refractivity contribution in [2.75, 3.05) is 4.90 Å². The number of para-hydroxylation sites is 2. The van der Waals surface area contributed by atoms with E-state index in [0.717, 1.165) is 50.1 Å². The van der Waals surface area contributed by atoms with E-state index >= 15 is 0 Å². The molecule has 1 saturated carbocycles. The van der Waals surface area contributed by atoms with Gasteiger partial charge in [0.15, 0.2) is 0 Å². The minimum absolute atomic E-state index is 0.161. The lowest BCUT2D eigenvalue weighted by molar-refractivity contribution is 0.660. The predicted molar refractivity (Wildman–Crippen MR) is 287 cm³/mol. The average Bonchev–Trinajstić information content (AvgIpc) is 3.69. The van der Waals surface area contributed by atoms with Crippen LogP contribution in [0.4, 0.5) is 17.1 Å². The van der Waals surface area contributed by atoms with Crippen LogP contribution in [0.25, 0.3) is 76.9 Å². The number of fused-ring (bicyclic) bond motifs is 9. The largest absolute Gasteiger partial charge is 0.455 e. The van der Waals surface area contributed by atoms with Crippen LogP contribution in [0, 0.1) is 0 Å². The van der Waals surface area contributed by atoms with Gasteiger partial charge in [0.25, 0.3) is 0 Å². The van der Waals surface area contributed by atoms with Crippen molar-refractivity contribution in [2.24, 2.45) is 0 Å². The first-order valence-corrected chi connectivity index (χ1v) is 24.8. The number of rotatable bonds is 4. The molecule has 0 bridgehead atoms. The Kier molecular flexibility index (Phi) is 6.65. The van der Waals surface area contributed by atoms with Crippen LogP contribution in [0.3, 0.4) is 0 Å². The molecule has 0 aliphatic heterocycles. The molecule has 3 atom stereocenters. The fourth-order valence-electron chi connectivity index (χ4n) is 15.7. The van der Waals surface area contributed by atoms with Crippen LogP contribution in [0.5, 0.6) is 0 Å². The van der Waals surface area contributed by atoms with Crippen LogP contribution in [0.15, 0.2) is 229 Å². The van der Waals surface area contributed by atoms with Gasteiger partial charge in [-0.05, 0) is 136 Å². The highest BCUT2D eigenvalue weighted by molar-refractivity contribution is 6.15. The monoisotopic (exact) mass is 889 g/mol. The Morgan fingerprint density at radius 2 is 0.814 bits per heavy atom. The molecular weight excluding hydrogens is 847 g/mol. The van der Waals surface area contributed by atoms with E-state index < -0.39 is 0 Å². The maximum absolute atomic E-state index is 6.58. The SMILES string of the molecule is CC1(C)c2ccccc2-c2ccc(N(c3ccc(-c4cccc5c4oc4ccccc45)cc3)c3cc4c5c(cccc5c3)C35c6cccc7cccc(c67)C36c3ccccc3-c3ccccc3C465)cc21. The molecule has 326 valence electrons. The Labute approximate surface area is 405 Å². The Balaban J connectivity index is 0.939. The molecule has 17 rings (SSSR count). The van der Waals surface area contributed by atoms with Gasteiger partial charge in [0.05, 0.1) is 16.2 Å². The second-order valence-corrected chi connectivity index (χ2v) is 21.0. The molecule has 1 heterocycles. The zero-order chi connectivity index (χ0) is 45.9. The van der Waals surface area contributed by atoms with Gasteiger partial charge in [-0.1, -0.05) is 196 Å². The Morgan fingerprint density at radius 1 is 0.329 bits per heavy atom. The lowest BCUT2D eigenvalue weighted by Crippen LogP contribution is -2.30. The molecule has 12 aromatic rings. The van der Waals surface area contributed by atoms with E-state index in [4.69, 9.17) is 4.42 Å². The Hall–Kier alpha value is -8.46. The van der Waals surface area contributed by atoms with Gasteiger partial charge in [0, 0.05) is 38.8 Å². The maximum Gasteiger partial charge on any atom is 0.143 e. The predicted octanol–water partition coefficient (Wildman–Crippen LogP) is 17.2. The van der Waals surface area contributed by atoms with Gasteiger partial charge < -0.3 is 9.32 Å². The van der Waals surface area contributed by atoms with Crippen molar-refractivity contribution >= 4 is 60.5 Å². The van der Waals surface area contributed by atoms with Gasteiger partial charge in [0.2, 0.25) is 0 Å². The van der Waals surface area contributed by atoms with Gasteiger partial charge in [-0.3, -0.25) is 0 Å². The topological polar surface area (TPSA) is 16.4 Å². The summed E-state index contributed by atoms with van der Waals surface area (Å²) >= 11 is 0. The smallest absolute Gasteiger partial charge is 0.143 e. The molecule has 0 amide bonds. The summed E-state index contributed by atoms with van der Waals surface area (Å²) in [5.41, 5.74) is 23.0. The summed E-state index contributed by atoms with van der Waals surface area (Å²) in [6, 6.07) is 85.5. The van der Waals surface area contributed by atoms with Crippen LogP contribution in [0.1, 0.15) is 58.4 Å². The third-order valence-electron chi connectivity index (χ3n) is 18.0. The van der Waals surface area contributed by atoms with Gasteiger partial charge in [0.1, 0.15) is 11.2 Å². The molecule has 11 aromatic carbocycles. The quantitative estimate of drug-likeness (QED) is 0.175. The average molecular weight is 890 g/mol. The third kappa shape index (κ3) is 3.94. The molecule has 0 saturated heterocycles. The highest BCUT2D eigenvalue weighted by Gasteiger charge is 2.95. The highest BCUT2D eigenvalue weighted by atomic mass is 16.3. The van der Waals surface area contributed by atoms with Crippen molar-refractivity contribution in [3.63, 3.8) is 0 Å². The number of anilines is 3. The summed E-state index contributed by atoms with van der Waals surface area (Å²) in [4.78, 5) is 2.54. The summed E-state index contributed by atoms with van der Waals surface area (Å²) in [5, 5.41) is 7.72. The molecule has 2 nitrogen and oxygen atoms in total. The summed E-state index contributed by atoms with van der Waals surface area (Å²) in [5.74, 6) is 0. The van der Waals surface area contributed by atoms with Crippen LogP contribution < -0.4 is 4.90 Å². The van der Waals surface area contributed by atoms with Crippen molar-refractivity contribution in [3.05, 3.63) is 269 Å². The van der Waals surface area contributed by atoms with E-state index in [9.17, 15) is 0 Å².